The first kappa shape index (κ1) is 17.2. The molecule has 1 aliphatic heterocycles. The Morgan fingerprint density at radius 1 is 1.17 bits per heavy atom. The van der Waals surface area contributed by atoms with E-state index in [1.54, 1.807) is 0 Å². The molecule has 0 aromatic heterocycles. The van der Waals surface area contributed by atoms with Gasteiger partial charge in [-0.25, -0.2) is 5.43 Å². The summed E-state index contributed by atoms with van der Waals surface area (Å²) in [5.74, 6) is 0.0650. The van der Waals surface area contributed by atoms with Gasteiger partial charge in [-0.2, -0.15) is 0 Å². The summed E-state index contributed by atoms with van der Waals surface area (Å²) in [6.45, 7) is 2.65. The van der Waals surface area contributed by atoms with Gasteiger partial charge in [0.15, 0.2) is 0 Å². The van der Waals surface area contributed by atoms with Crippen LogP contribution >= 0.6 is 0 Å². The van der Waals surface area contributed by atoms with E-state index in [-0.39, 0.29) is 11.9 Å². The van der Waals surface area contributed by atoms with Crippen molar-refractivity contribution in [3.05, 3.63) is 29.8 Å². The molecule has 2 atom stereocenters. The molecule has 132 valence electrons. The second kappa shape index (κ2) is 7.99. The van der Waals surface area contributed by atoms with Crippen molar-refractivity contribution in [1.82, 2.24) is 16.2 Å². The molecule has 3 rings (SSSR count). The largest absolute Gasteiger partial charge is 0.372 e. The Morgan fingerprint density at radius 3 is 2.50 bits per heavy atom. The number of hydrogen-bond acceptors (Lipinski definition) is 4. The molecule has 5 heteroatoms. The molecule has 1 aromatic rings. The van der Waals surface area contributed by atoms with Crippen LogP contribution in [-0.4, -0.2) is 31.1 Å². The van der Waals surface area contributed by atoms with E-state index in [1.165, 1.54) is 37.8 Å². The molecule has 2 aliphatic rings. The third-order valence-electron chi connectivity index (χ3n) is 5.34. The van der Waals surface area contributed by atoms with E-state index in [0.717, 1.165) is 12.0 Å². The van der Waals surface area contributed by atoms with E-state index >= 15 is 0 Å². The third-order valence-corrected chi connectivity index (χ3v) is 5.34. The summed E-state index contributed by atoms with van der Waals surface area (Å²) >= 11 is 0. The van der Waals surface area contributed by atoms with E-state index in [2.05, 4.69) is 59.3 Å². The molecule has 3 N–H and O–H groups in total. The maximum atomic E-state index is 12.1. The fourth-order valence-corrected chi connectivity index (χ4v) is 3.73. The predicted molar refractivity (Wildman–Crippen MR) is 97.7 cm³/mol. The Bertz CT molecular complexity index is 539. The lowest BCUT2D eigenvalue weighted by Crippen LogP contribution is -2.43. The van der Waals surface area contributed by atoms with Crippen LogP contribution in [-0.2, 0) is 11.3 Å². The van der Waals surface area contributed by atoms with E-state index in [0.29, 0.717) is 18.6 Å². The van der Waals surface area contributed by atoms with E-state index < -0.39 is 0 Å². The maximum Gasteiger partial charge on any atom is 0.238 e. The van der Waals surface area contributed by atoms with Crippen molar-refractivity contribution >= 4 is 11.6 Å². The number of amides is 1. The minimum Gasteiger partial charge on any atom is -0.372 e. The van der Waals surface area contributed by atoms with Crippen molar-refractivity contribution in [2.24, 2.45) is 0 Å². The number of anilines is 1. The normalized spacial score (nSPS) is 24.8. The highest BCUT2D eigenvalue weighted by atomic mass is 16.2. The molecular formula is C19H30N4O. The van der Waals surface area contributed by atoms with Gasteiger partial charge in [-0.1, -0.05) is 31.4 Å². The summed E-state index contributed by atoms with van der Waals surface area (Å²) < 4.78 is 0. The molecule has 1 amide bonds. The van der Waals surface area contributed by atoms with Crippen LogP contribution in [0.4, 0.5) is 5.69 Å². The molecule has 1 saturated carbocycles. The first-order valence-corrected chi connectivity index (χ1v) is 9.24. The van der Waals surface area contributed by atoms with Gasteiger partial charge in [0.05, 0.1) is 0 Å². The van der Waals surface area contributed by atoms with E-state index in [4.69, 9.17) is 0 Å². The lowest BCUT2D eigenvalue weighted by Gasteiger charge is -2.33. The summed E-state index contributed by atoms with van der Waals surface area (Å²) in [4.78, 5) is 14.5. The minimum absolute atomic E-state index is 0.0650. The molecule has 1 aliphatic carbocycles. The lowest BCUT2D eigenvalue weighted by atomic mass is 9.94. The van der Waals surface area contributed by atoms with Gasteiger partial charge < -0.3 is 10.2 Å². The highest BCUT2D eigenvalue weighted by molar-refractivity contribution is 5.82. The molecule has 24 heavy (non-hydrogen) atoms. The fraction of sp³-hybridized carbons (Fsp3) is 0.632. The smallest absolute Gasteiger partial charge is 0.238 e. The van der Waals surface area contributed by atoms with Crippen molar-refractivity contribution in [3.63, 3.8) is 0 Å². The molecule has 1 saturated heterocycles. The molecule has 1 heterocycles. The average Bonchev–Trinajstić information content (AvgIpc) is 3.07. The maximum absolute atomic E-state index is 12.1. The summed E-state index contributed by atoms with van der Waals surface area (Å²) in [6.07, 6.45) is 7.51. The Labute approximate surface area is 145 Å². The summed E-state index contributed by atoms with van der Waals surface area (Å²) in [5, 5.41) is 3.02. The Morgan fingerprint density at radius 2 is 1.88 bits per heavy atom. The van der Waals surface area contributed by atoms with Crippen LogP contribution in [0.3, 0.4) is 0 Å². The van der Waals surface area contributed by atoms with Crippen LogP contribution in [0.1, 0.15) is 51.0 Å². The highest BCUT2D eigenvalue weighted by Gasteiger charge is 2.26. The monoisotopic (exact) mass is 330 g/mol. The fourth-order valence-electron chi connectivity index (χ4n) is 3.73. The lowest BCUT2D eigenvalue weighted by molar-refractivity contribution is -0.123. The molecule has 0 spiro atoms. The molecule has 2 fully saturated rings. The zero-order chi connectivity index (χ0) is 16.9. The second-order valence-electron chi connectivity index (χ2n) is 7.27. The molecule has 1 aromatic carbocycles. The highest BCUT2D eigenvalue weighted by Crippen LogP contribution is 2.26. The van der Waals surface area contributed by atoms with Crippen molar-refractivity contribution in [3.8, 4) is 0 Å². The number of rotatable bonds is 5. The number of carbonyl (C=O) groups is 1. The molecule has 5 nitrogen and oxygen atoms in total. The van der Waals surface area contributed by atoms with Gasteiger partial charge in [0.1, 0.15) is 6.04 Å². The Balaban J connectivity index is 1.50. The standard InChI is InChI=1S/C19H30N4O/c1-14-12-18(22-21-14)19(24)20-13-15-8-10-17(11-9-15)23(2)16-6-4-3-5-7-16/h8-11,14,16,18,21-22H,3-7,12-13H2,1-2H3,(H,20,24). The Kier molecular flexibility index (Phi) is 5.74. The number of nitrogens with zero attached hydrogens (tertiary/aromatic N) is 1. The van der Waals surface area contributed by atoms with Gasteiger partial charge >= 0.3 is 0 Å². The van der Waals surface area contributed by atoms with E-state index in [9.17, 15) is 4.79 Å². The van der Waals surface area contributed by atoms with Gasteiger partial charge in [-0.15, -0.1) is 0 Å². The van der Waals surface area contributed by atoms with Crippen LogP contribution in [0.15, 0.2) is 24.3 Å². The molecular weight excluding hydrogens is 300 g/mol. The second-order valence-corrected chi connectivity index (χ2v) is 7.27. The number of nitrogens with one attached hydrogen (secondary N) is 3. The summed E-state index contributed by atoms with van der Waals surface area (Å²) in [7, 11) is 2.20. The van der Waals surface area contributed by atoms with Crippen LogP contribution in [0.5, 0.6) is 0 Å². The van der Waals surface area contributed by atoms with Crippen molar-refractivity contribution in [1.29, 1.82) is 0 Å². The SMILES string of the molecule is CC1CC(C(=O)NCc2ccc(N(C)C3CCCCC3)cc2)NN1. The number of benzene rings is 1. The zero-order valence-electron chi connectivity index (χ0n) is 14.8. The van der Waals surface area contributed by atoms with Gasteiger partial charge in [-0.05, 0) is 43.9 Å². The van der Waals surface area contributed by atoms with Crippen molar-refractivity contribution in [2.45, 2.75) is 70.1 Å². The summed E-state index contributed by atoms with van der Waals surface area (Å²) in [6, 6.07) is 9.48. The molecule has 0 radical (unpaired) electrons. The van der Waals surface area contributed by atoms with Crippen LogP contribution in [0.25, 0.3) is 0 Å². The van der Waals surface area contributed by atoms with E-state index in [1.807, 2.05) is 0 Å². The van der Waals surface area contributed by atoms with Gasteiger partial charge in [-0.3, -0.25) is 10.2 Å². The Hall–Kier alpha value is -1.59. The number of hydrazine groups is 1. The topological polar surface area (TPSA) is 56.4 Å². The number of carbonyl (C=O) groups excluding carboxylic acids is 1. The van der Waals surface area contributed by atoms with Gasteiger partial charge in [0.25, 0.3) is 0 Å². The van der Waals surface area contributed by atoms with Gasteiger partial charge in [0, 0.05) is 31.4 Å². The predicted octanol–water partition coefficient (Wildman–Crippen LogP) is 2.33. The quantitative estimate of drug-likeness (QED) is 0.775. The minimum atomic E-state index is -0.128. The first-order chi connectivity index (χ1) is 11.6. The number of hydrogen-bond donors (Lipinski definition) is 3. The van der Waals surface area contributed by atoms with Crippen LogP contribution in [0.2, 0.25) is 0 Å². The van der Waals surface area contributed by atoms with Crippen molar-refractivity contribution < 1.29 is 4.79 Å². The average molecular weight is 330 g/mol. The first-order valence-electron chi connectivity index (χ1n) is 9.24. The zero-order valence-corrected chi connectivity index (χ0v) is 14.8. The summed E-state index contributed by atoms with van der Waals surface area (Å²) in [5.41, 5.74) is 8.53. The van der Waals surface area contributed by atoms with Crippen LogP contribution in [0, 0.1) is 0 Å². The third kappa shape index (κ3) is 4.28. The van der Waals surface area contributed by atoms with Crippen LogP contribution < -0.4 is 21.1 Å². The molecule has 0 bridgehead atoms. The molecule has 2 unspecified atom stereocenters. The van der Waals surface area contributed by atoms with Crippen molar-refractivity contribution in [2.75, 3.05) is 11.9 Å². The van der Waals surface area contributed by atoms with Gasteiger partial charge in [0.2, 0.25) is 5.91 Å².